The normalized spacial score (nSPS) is 22.4. The molecule has 3 N–H and O–H groups in total. The van der Waals surface area contributed by atoms with Gasteiger partial charge in [-0.2, -0.15) is 0 Å². The Morgan fingerprint density at radius 1 is 1.12 bits per heavy atom. The Labute approximate surface area is 151 Å². The maximum absolute atomic E-state index is 12.5. The predicted octanol–water partition coefficient (Wildman–Crippen LogP) is 1.97. The first-order valence-electron chi connectivity index (χ1n) is 9.69. The Morgan fingerprint density at radius 3 is 2.40 bits per heavy atom. The molecule has 2 aliphatic rings. The van der Waals surface area contributed by atoms with Crippen molar-refractivity contribution in [2.75, 3.05) is 37.6 Å². The number of nitrogens with zero attached hydrogens (tertiary/aromatic N) is 2. The monoisotopic (exact) mass is 344 g/mol. The summed E-state index contributed by atoms with van der Waals surface area (Å²) in [6.45, 7) is 7.11. The molecule has 0 bridgehead atoms. The zero-order valence-electron chi connectivity index (χ0n) is 15.4. The number of amides is 1. The SMILES string of the molecule is CC(CN1CCN(c2ccccc2)CC1)NC(=O)C1(N)CCCCC1. The fraction of sp³-hybridized carbons (Fsp3) is 0.650. The van der Waals surface area contributed by atoms with Gasteiger partial charge in [0, 0.05) is 44.5 Å². The van der Waals surface area contributed by atoms with Crippen LogP contribution < -0.4 is 16.0 Å². The molecular formula is C20H32N4O. The van der Waals surface area contributed by atoms with Gasteiger partial charge in [-0.1, -0.05) is 37.5 Å². The van der Waals surface area contributed by atoms with E-state index in [0.717, 1.165) is 58.4 Å². The predicted molar refractivity (Wildman–Crippen MR) is 103 cm³/mol. The van der Waals surface area contributed by atoms with Gasteiger partial charge in [-0.25, -0.2) is 0 Å². The molecule has 5 nitrogen and oxygen atoms in total. The van der Waals surface area contributed by atoms with Gasteiger partial charge in [0.25, 0.3) is 0 Å². The molecule has 1 atom stereocenters. The lowest BCUT2D eigenvalue weighted by atomic mass is 9.82. The molecule has 1 aromatic rings. The van der Waals surface area contributed by atoms with Crippen molar-refractivity contribution in [1.29, 1.82) is 0 Å². The third kappa shape index (κ3) is 4.73. The van der Waals surface area contributed by atoms with Gasteiger partial charge in [0.15, 0.2) is 0 Å². The van der Waals surface area contributed by atoms with Crippen LogP contribution in [0.25, 0.3) is 0 Å². The number of anilines is 1. The van der Waals surface area contributed by atoms with Crippen molar-refractivity contribution < 1.29 is 4.79 Å². The van der Waals surface area contributed by atoms with Crippen LogP contribution in [0.4, 0.5) is 5.69 Å². The Hall–Kier alpha value is -1.59. The first-order chi connectivity index (χ1) is 12.1. The van der Waals surface area contributed by atoms with Gasteiger partial charge in [0.1, 0.15) is 0 Å². The van der Waals surface area contributed by atoms with Gasteiger partial charge in [0.05, 0.1) is 5.54 Å². The first kappa shape index (κ1) is 18.2. The summed E-state index contributed by atoms with van der Waals surface area (Å²) in [6, 6.07) is 10.7. The van der Waals surface area contributed by atoms with E-state index in [1.807, 2.05) is 0 Å². The summed E-state index contributed by atoms with van der Waals surface area (Å²) in [5.74, 6) is 0.0441. The van der Waals surface area contributed by atoms with Crippen LogP contribution in [0.2, 0.25) is 0 Å². The summed E-state index contributed by atoms with van der Waals surface area (Å²) in [5, 5.41) is 3.16. The van der Waals surface area contributed by atoms with Crippen molar-refractivity contribution >= 4 is 11.6 Å². The van der Waals surface area contributed by atoms with Crippen molar-refractivity contribution in [1.82, 2.24) is 10.2 Å². The smallest absolute Gasteiger partial charge is 0.240 e. The minimum atomic E-state index is -0.640. The summed E-state index contributed by atoms with van der Waals surface area (Å²) in [7, 11) is 0. The number of piperazine rings is 1. The molecule has 0 spiro atoms. The third-order valence-electron chi connectivity index (χ3n) is 5.60. The molecule has 3 rings (SSSR count). The average Bonchev–Trinajstić information content (AvgIpc) is 2.63. The van der Waals surface area contributed by atoms with Crippen molar-refractivity contribution in [3.8, 4) is 0 Å². The first-order valence-corrected chi connectivity index (χ1v) is 9.69. The molecule has 1 unspecified atom stereocenters. The molecule has 1 heterocycles. The Balaban J connectivity index is 1.43. The van der Waals surface area contributed by atoms with Gasteiger partial charge < -0.3 is 16.0 Å². The minimum Gasteiger partial charge on any atom is -0.369 e. The molecule has 1 saturated carbocycles. The average molecular weight is 345 g/mol. The number of rotatable bonds is 5. The minimum absolute atomic E-state index is 0.0441. The molecule has 0 aromatic heterocycles. The molecular weight excluding hydrogens is 312 g/mol. The number of nitrogens with two attached hydrogens (primary N) is 1. The molecule has 1 amide bonds. The highest BCUT2D eigenvalue weighted by molar-refractivity contribution is 5.86. The highest BCUT2D eigenvalue weighted by Gasteiger charge is 2.35. The number of carbonyl (C=O) groups excluding carboxylic acids is 1. The highest BCUT2D eigenvalue weighted by atomic mass is 16.2. The Morgan fingerprint density at radius 2 is 1.76 bits per heavy atom. The largest absolute Gasteiger partial charge is 0.369 e. The summed E-state index contributed by atoms with van der Waals surface area (Å²) >= 11 is 0. The number of hydrogen-bond donors (Lipinski definition) is 2. The number of benzene rings is 1. The van der Waals surface area contributed by atoms with Crippen LogP contribution in [0, 0.1) is 0 Å². The van der Waals surface area contributed by atoms with E-state index in [2.05, 4.69) is 52.4 Å². The zero-order valence-corrected chi connectivity index (χ0v) is 15.4. The van der Waals surface area contributed by atoms with E-state index in [0.29, 0.717) is 0 Å². The summed E-state index contributed by atoms with van der Waals surface area (Å²) in [4.78, 5) is 17.4. The molecule has 1 aliphatic heterocycles. The number of carbonyl (C=O) groups is 1. The van der Waals surface area contributed by atoms with Gasteiger partial charge in [-0.05, 0) is 31.9 Å². The zero-order chi connectivity index (χ0) is 17.7. The molecule has 1 aliphatic carbocycles. The van der Waals surface area contributed by atoms with Gasteiger partial charge >= 0.3 is 0 Å². The van der Waals surface area contributed by atoms with E-state index in [1.54, 1.807) is 0 Å². The van der Waals surface area contributed by atoms with Crippen LogP contribution >= 0.6 is 0 Å². The molecule has 0 radical (unpaired) electrons. The lowest BCUT2D eigenvalue weighted by Gasteiger charge is -2.38. The third-order valence-corrected chi connectivity index (χ3v) is 5.60. The van der Waals surface area contributed by atoms with Crippen LogP contribution in [-0.4, -0.2) is 55.1 Å². The molecule has 2 fully saturated rings. The van der Waals surface area contributed by atoms with Crippen LogP contribution in [-0.2, 0) is 4.79 Å². The van der Waals surface area contributed by atoms with Gasteiger partial charge in [-0.15, -0.1) is 0 Å². The second-order valence-corrected chi connectivity index (χ2v) is 7.71. The van der Waals surface area contributed by atoms with Crippen LogP contribution in [0.15, 0.2) is 30.3 Å². The van der Waals surface area contributed by atoms with E-state index in [-0.39, 0.29) is 11.9 Å². The lowest BCUT2D eigenvalue weighted by Crippen LogP contribution is -2.58. The van der Waals surface area contributed by atoms with Crippen molar-refractivity contribution in [2.45, 2.75) is 50.6 Å². The van der Waals surface area contributed by atoms with Crippen molar-refractivity contribution in [3.05, 3.63) is 30.3 Å². The van der Waals surface area contributed by atoms with Crippen LogP contribution in [0.5, 0.6) is 0 Å². The molecule has 25 heavy (non-hydrogen) atoms. The van der Waals surface area contributed by atoms with Gasteiger partial charge in [0.2, 0.25) is 5.91 Å². The quantitative estimate of drug-likeness (QED) is 0.857. The van der Waals surface area contributed by atoms with Crippen molar-refractivity contribution in [3.63, 3.8) is 0 Å². The van der Waals surface area contributed by atoms with Crippen LogP contribution in [0.1, 0.15) is 39.0 Å². The second-order valence-electron chi connectivity index (χ2n) is 7.71. The van der Waals surface area contributed by atoms with Crippen LogP contribution in [0.3, 0.4) is 0 Å². The number of para-hydroxylation sites is 1. The lowest BCUT2D eigenvalue weighted by molar-refractivity contribution is -0.128. The molecule has 138 valence electrons. The van der Waals surface area contributed by atoms with Gasteiger partial charge in [-0.3, -0.25) is 9.69 Å². The highest BCUT2D eigenvalue weighted by Crippen LogP contribution is 2.26. The fourth-order valence-electron chi connectivity index (χ4n) is 4.04. The Bertz CT molecular complexity index is 548. The summed E-state index contributed by atoms with van der Waals surface area (Å²) in [6.07, 6.45) is 4.98. The number of hydrogen-bond acceptors (Lipinski definition) is 4. The van der Waals surface area contributed by atoms with Crippen molar-refractivity contribution in [2.24, 2.45) is 5.73 Å². The molecule has 1 saturated heterocycles. The van der Waals surface area contributed by atoms with E-state index in [9.17, 15) is 4.79 Å². The standard InChI is InChI=1S/C20H32N4O/c1-17(22-19(25)20(21)10-6-3-7-11-20)16-23-12-14-24(15-13-23)18-8-4-2-5-9-18/h2,4-5,8-9,17H,3,6-7,10-16,21H2,1H3,(H,22,25). The topological polar surface area (TPSA) is 61.6 Å². The molecule has 1 aromatic carbocycles. The fourth-order valence-corrected chi connectivity index (χ4v) is 4.04. The van der Waals surface area contributed by atoms with E-state index < -0.39 is 5.54 Å². The second kappa shape index (κ2) is 8.19. The summed E-state index contributed by atoms with van der Waals surface area (Å²) in [5.41, 5.74) is 6.99. The van der Waals surface area contributed by atoms with E-state index >= 15 is 0 Å². The Kier molecular flexibility index (Phi) is 5.97. The van der Waals surface area contributed by atoms with E-state index in [1.165, 1.54) is 12.1 Å². The summed E-state index contributed by atoms with van der Waals surface area (Å²) < 4.78 is 0. The maximum Gasteiger partial charge on any atom is 0.240 e. The van der Waals surface area contributed by atoms with E-state index in [4.69, 9.17) is 5.73 Å². The maximum atomic E-state index is 12.5. The molecule has 5 heteroatoms. The number of nitrogens with one attached hydrogen (secondary N) is 1.